The Morgan fingerprint density at radius 2 is 2.46 bits per heavy atom. The minimum atomic E-state index is 0.0907. The summed E-state index contributed by atoms with van der Waals surface area (Å²) < 4.78 is 4.82. The molecule has 0 saturated heterocycles. The van der Waals surface area contributed by atoms with E-state index in [4.69, 9.17) is 10.9 Å². The maximum Gasteiger partial charge on any atom is 0.223 e. The van der Waals surface area contributed by atoms with Gasteiger partial charge >= 0.3 is 0 Å². The summed E-state index contributed by atoms with van der Waals surface area (Å²) in [5.41, 5.74) is 0. The number of nitrogens with one attached hydrogen (secondary N) is 1. The average Bonchev–Trinajstić information content (AvgIpc) is 2.51. The molecule has 1 N–H and O–H groups in total. The second-order valence-corrected chi connectivity index (χ2v) is 2.82. The van der Waals surface area contributed by atoms with Gasteiger partial charge in [-0.3, -0.25) is 0 Å². The molecule has 1 rings (SSSR count). The van der Waals surface area contributed by atoms with Crippen LogP contribution in [0.5, 0.6) is 0 Å². The van der Waals surface area contributed by atoms with E-state index in [0.717, 1.165) is 13.0 Å². The molecule has 0 saturated carbocycles. The SMILES string of the molecule is C#CC(C)NCCc1noc(C)n1. The third kappa shape index (κ3) is 3.26. The van der Waals surface area contributed by atoms with Gasteiger partial charge in [-0.2, -0.15) is 4.98 Å². The number of rotatable bonds is 4. The first-order valence-corrected chi connectivity index (χ1v) is 4.21. The third-order valence-electron chi connectivity index (χ3n) is 1.62. The first-order chi connectivity index (χ1) is 6.22. The molecule has 70 valence electrons. The normalized spacial score (nSPS) is 12.4. The van der Waals surface area contributed by atoms with Gasteiger partial charge in [0.15, 0.2) is 5.82 Å². The quantitative estimate of drug-likeness (QED) is 0.685. The zero-order valence-corrected chi connectivity index (χ0v) is 7.87. The second-order valence-electron chi connectivity index (χ2n) is 2.82. The topological polar surface area (TPSA) is 51.0 Å². The molecule has 13 heavy (non-hydrogen) atoms. The number of hydrogen-bond donors (Lipinski definition) is 1. The lowest BCUT2D eigenvalue weighted by atomic mass is 10.3. The lowest BCUT2D eigenvalue weighted by molar-refractivity contribution is 0.386. The van der Waals surface area contributed by atoms with Crippen molar-refractivity contribution in [1.29, 1.82) is 0 Å². The van der Waals surface area contributed by atoms with Crippen LogP contribution in [0.15, 0.2) is 4.52 Å². The van der Waals surface area contributed by atoms with Gasteiger partial charge in [-0.1, -0.05) is 11.1 Å². The van der Waals surface area contributed by atoms with Crippen molar-refractivity contribution in [3.63, 3.8) is 0 Å². The molecule has 0 aliphatic carbocycles. The van der Waals surface area contributed by atoms with E-state index in [1.807, 2.05) is 6.92 Å². The zero-order chi connectivity index (χ0) is 9.68. The Labute approximate surface area is 77.7 Å². The van der Waals surface area contributed by atoms with E-state index in [1.54, 1.807) is 6.92 Å². The van der Waals surface area contributed by atoms with E-state index in [-0.39, 0.29) is 6.04 Å². The summed E-state index contributed by atoms with van der Waals surface area (Å²) in [6, 6.07) is 0.0907. The molecule has 1 unspecified atom stereocenters. The van der Waals surface area contributed by atoms with Crippen LogP contribution in [0.25, 0.3) is 0 Å². The van der Waals surface area contributed by atoms with Crippen molar-refractivity contribution in [2.24, 2.45) is 0 Å². The third-order valence-corrected chi connectivity index (χ3v) is 1.62. The van der Waals surface area contributed by atoms with Gasteiger partial charge in [0, 0.05) is 19.9 Å². The Hall–Kier alpha value is -1.34. The van der Waals surface area contributed by atoms with Crippen molar-refractivity contribution >= 4 is 0 Å². The van der Waals surface area contributed by atoms with Crippen LogP contribution in [0.2, 0.25) is 0 Å². The monoisotopic (exact) mass is 179 g/mol. The summed E-state index contributed by atoms with van der Waals surface area (Å²) in [5, 5.41) is 6.89. The van der Waals surface area contributed by atoms with Crippen LogP contribution in [-0.2, 0) is 6.42 Å². The van der Waals surface area contributed by atoms with Gasteiger partial charge in [0.25, 0.3) is 0 Å². The summed E-state index contributed by atoms with van der Waals surface area (Å²) >= 11 is 0. The van der Waals surface area contributed by atoms with Gasteiger partial charge in [-0.05, 0) is 6.92 Å². The lowest BCUT2D eigenvalue weighted by Crippen LogP contribution is -2.26. The van der Waals surface area contributed by atoms with Gasteiger partial charge in [-0.25, -0.2) is 0 Å². The van der Waals surface area contributed by atoms with E-state index in [9.17, 15) is 0 Å². The number of aromatic nitrogens is 2. The fourth-order valence-corrected chi connectivity index (χ4v) is 0.902. The number of nitrogens with zero attached hydrogens (tertiary/aromatic N) is 2. The molecule has 0 spiro atoms. The first-order valence-electron chi connectivity index (χ1n) is 4.21. The van der Waals surface area contributed by atoms with Crippen LogP contribution in [0.3, 0.4) is 0 Å². The molecule has 4 heteroatoms. The summed E-state index contributed by atoms with van der Waals surface area (Å²) in [6.45, 7) is 4.47. The predicted octanol–water partition coefficient (Wildman–Crippen LogP) is 0.532. The van der Waals surface area contributed by atoms with Crippen molar-refractivity contribution in [2.75, 3.05) is 6.54 Å². The molecular weight excluding hydrogens is 166 g/mol. The Morgan fingerprint density at radius 1 is 1.69 bits per heavy atom. The smallest absolute Gasteiger partial charge is 0.223 e. The van der Waals surface area contributed by atoms with Crippen molar-refractivity contribution in [3.05, 3.63) is 11.7 Å². The molecule has 4 nitrogen and oxygen atoms in total. The highest BCUT2D eigenvalue weighted by atomic mass is 16.5. The maximum atomic E-state index is 5.19. The van der Waals surface area contributed by atoms with Crippen LogP contribution in [-0.4, -0.2) is 22.7 Å². The first kappa shape index (κ1) is 9.75. The van der Waals surface area contributed by atoms with Crippen LogP contribution in [0.4, 0.5) is 0 Å². The predicted molar refractivity (Wildman–Crippen MR) is 49.0 cm³/mol. The van der Waals surface area contributed by atoms with Crippen molar-refractivity contribution in [3.8, 4) is 12.3 Å². The fraction of sp³-hybridized carbons (Fsp3) is 0.556. The van der Waals surface area contributed by atoms with Crippen molar-refractivity contribution < 1.29 is 4.52 Å². The second kappa shape index (κ2) is 4.63. The summed E-state index contributed by atoms with van der Waals surface area (Å²) in [5.74, 6) is 3.90. The van der Waals surface area contributed by atoms with Crippen LogP contribution in [0.1, 0.15) is 18.6 Å². The minimum Gasteiger partial charge on any atom is -0.340 e. The van der Waals surface area contributed by atoms with Gasteiger partial charge < -0.3 is 9.84 Å². The highest BCUT2D eigenvalue weighted by Gasteiger charge is 2.01. The standard InChI is InChI=1S/C9H13N3O/c1-4-7(2)10-6-5-9-11-8(3)13-12-9/h1,7,10H,5-6H2,2-3H3. The van der Waals surface area contributed by atoms with Crippen LogP contribution < -0.4 is 5.32 Å². The fourth-order valence-electron chi connectivity index (χ4n) is 0.902. The average molecular weight is 179 g/mol. The Bertz CT molecular complexity index is 300. The highest BCUT2D eigenvalue weighted by Crippen LogP contribution is 1.94. The van der Waals surface area contributed by atoms with Crippen LogP contribution >= 0.6 is 0 Å². The molecule has 0 aromatic carbocycles. The number of aryl methyl sites for hydroxylation is 1. The van der Waals surface area contributed by atoms with E-state index >= 15 is 0 Å². The largest absolute Gasteiger partial charge is 0.340 e. The molecule has 0 amide bonds. The van der Waals surface area contributed by atoms with Crippen molar-refractivity contribution in [1.82, 2.24) is 15.5 Å². The van der Waals surface area contributed by atoms with Gasteiger partial charge in [0.05, 0.1) is 6.04 Å². The Kier molecular flexibility index (Phi) is 3.47. The molecule has 1 aromatic rings. The van der Waals surface area contributed by atoms with E-state index < -0.39 is 0 Å². The van der Waals surface area contributed by atoms with E-state index in [1.165, 1.54) is 0 Å². The maximum absolute atomic E-state index is 5.19. The molecule has 0 aliphatic heterocycles. The Morgan fingerprint density at radius 3 is 3.00 bits per heavy atom. The number of hydrogen-bond acceptors (Lipinski definition) is 4. The van der Waals surface area contributed by atoms with Crippen molar-refractivity contribution in [2.45, 2.75) is 26.3 Å². The number of terminal acetylenes is 1. The summed E-state index contributed by atoms with van der Waals surface area (Å²) in [7, 11) is 0. The molecular formula is C9H13N3O. The molecule has 1 atom stereocenters. The molecule has 0 bridgehead atoms. The van der Waals surface area contributed by atoms with Gasteiger partial charge in [0.2, 0.25) is 5.89 Å². The van der Waals surface area contributed by atoms with E-state index in [2.05, 4.69) is 21.4 Å². The lowest BCUT2D eigenvalue weighted by Gasteiger charge is -2.04. The molecule has 1 heterocycles. The highest BCUT2D eigenvalue weighted by molar-refractivity contribution is 4.96. The molecule has 0 aliphatic rings. The Balaban J connectivity index is 2.25. The minimum absolute atomic E-state index is 0.0907. The molecule has 0 fully saturated rings. The molecule has 1 aromatic heterocycles. The summed E-state index contributed by atoms with van der Waals surface area (Å²) in [4.78, 5) is 4.06. The zero-order valence-electron chi connectivity index (χ0n) is 7.87. The summed E-state index contributed by atoms with van der Waals surface area (Å²) in [6.07, 6.45) is 5.93. The van der Waals surface area contributed by atoms with Gasteiger partial charge in [0.1, 0.15) is 0 Å². The van der Waals surface area contributed by atoms with Gasteiger partial charge in [-0.15, -0.1) is 6.42 Å². The van der Waals surface area contributed by atoms with E-state index in [0.29, 0.717) is 11.7 Å². The molecule has 0 radical (unpaired) electrons. The van der Waals surface area contributed by atoms with Crippen LogP contribution in [0, 0.1) is 19.3 Å².